The van der Waals surface area contributed by atoms with Gasteiger partial charge < -0.3 is 16.6 Å². The zero-order chi connectivity index (χ0) is 15.2. The highest BCUT2D eigenvalue weighted by molar-refractivity contribution is 6.31. The molecule has 0 bridgehead atoms. The van der Waals surface area contributed by atoms with E-state index in [1.165, 1.54) is 0 Å². The molecule has 20 heavy (non-hydrogen) atoms. The predicted molar refractivity (Wildman–Crippen MR) is 77.6 cm³/mol. The molecule has 0 amide bonds. The Morgan fingerprint density at radius 3 is 2.45 bits per heavy atom. The topological polar surface area (TPSA) is 106 Å². The molecule has 1 aromatic carbocycles. The van der Waals surface area contributed by atoms with Crippen molar-refractivity contribution in [2.75, 3.05) is 6.54 Å². The first-order valence-corrected chi connectivity index (χ1v) is 6.78. The molecule has 0 fully saturated rings. The molecule has 5 N–H and O–H groups in total. The second-order valence-electron chi connectivity index (χ2n) is 4.71. The Bertz CT molecular complexity index is 493. The minimum Gasteiger partial charge on any atom is -0.480 e. The first-order valence-electron chi connectivity index (χ1n) is 6.41. The molecule has 0 aromatic heterocycles. The van der Waals surface area contributed by atoms with Crippen LogP contribution in [0.1, 0.15) is 24.8 Å². The van der Waals surface area contributed by atoms with Gasteiger partial charge in [0.25, 0.3) is 0 Å². The predicted octanol–water partition coefficient (Wildman–Crippen LogP) is 1.36. The normalized spacial score (nSPS) is 13.8. The van der Waals surface area contributed by atoms with Crippen LogP contribution < -0.4 is 11.5 Å². The number of carboxylic acids is 1. The number of aliphatic carboxylic acids is 1. The van der Waals surface area contributed by atoms with Crippen molar-refractivity contribution in [1.82, 2.24) is 0 Å². The van der Waals surface area contributed by atoms with Gasteiger partial charge in [0.1, 0.15) is 0 Å². The number of benzene rings is 1. The zero-order valence-electron chi connectivity index (χ0n) is 11.1. The standard InChI is InChI=1S/C14H19ClN2O3/c15-11-6-2-1-5-10(11)9-12(18)14(17,13(19)20)7-3-4-8-16/h1-2,5-6H,3-4,7-9,16-17H2,(H,19,20). The van der Waals surface area contributed by atoms with Crippen molar-refractivity contribution >= 4 is 23.4 Å². The molecule has 1 unspecified atom stereocenters. The van der Waals surface area contributed by atoms with Crippen molar-refractivity contribution in [3.8, 4) is 0 Å². The SMILES string of the molecule is NCCCCC(N)(C(=O)O)C(=O)Cc1ccccc1Cl. The molecule has 0 aliphatic rings. The first kappa shape index (κ1) is 16.6. The Labute approximate surface area is 122 Å². The van der Waals surface area contributed by atoms with Crippen LogP contribution in [-0.2, 0) is 16.0 Å². The maximum Gasteiger partial charge on any atom is 0.331 e. The Morgan fingerprint density at radius 2 is 1.90 bits per heavy atom. The van der Waals surface area contributed by atoms with Crippen LogP contribution in [0.4, 0.5) is 0 Å². The van der Waals surface area contributed by atoms with Crippen molar-refractivity contribution in [3.63, 3.8) is 0 Å². The van der Waals surface area contributed by atoms with Gasteiger partial charge in [-0.1, -0.05) is 29.8 Å². The summed E-state index contributed by atoms with van der Waals surface area (Å²) in [5, 5.41) is 9.67. The van der Waals surface area contributed by atoms with Crippen LogP contribution in [0.15, 0.2) is 24.3 Å². The summed E-state index contributed by atoms with van der Waals surface area (Å²) in [5.41, 5.74) is 9.85. The average molecular weight is 299 g/mol. The summed E-state index contributed by atoms with van der Waals surface area (Å²) in [6.07, 6.45) is 1.10. The Morgan fingerprint density at radius 1 is 1.25 bits per heavy atom. The molecule has 0 saturated carbocycles. The van der Waals surface area contributed by atoms with E-state index in [-0.39, 0.29) is 12.8 Å². The minimum atomic E-state index is -1.88. The van der Waals surface area contributed by atoms with Crippen LogP contribution in [0.3, 0.4) is 0 Å². The number of hydrogen-bond donors (Lipinski definition) is 3. The smallest absolute Gasteiger partial charge is 0.331 e. The van der Waals surface area contributed by atoms with E-state index in [0.717, 1.165) is 0 Å². The third-order valence-electron chi connectivity index (χ3n) is 3.21. The first-order chi connectivity index (χ1) is 9.41. The largest absolute Gasteiger partial charge is 0.480 e. The molecule has 6 heteroatoms. The summed E-state index contributed by atoms with van der Waals surface area (Å²) in [4.78, 5) is 23.5. The maximum atomic E-state index is 12.2. The molecule has 110 valence electrons. The van der Waals surface area contributed by atoms with Gasteiger partial charge in [0, 0.05) is 11.4 Å². The van der Waals surface area contributed by atoms with Crippen LogP contribution in [0.25, 0.3) is 0 Å². The Balaban J connectivity index is 2.84. The van der Waals surface area contributed by atoms with E-state index in [9.17, 15) is 14.7 Å². The number of Topliss-reactive ketones (excluding diaryl/α,β-unsaturated/α-hetero) is 1. The zero-order valence-corrected chi connectivity index (χ0v) is 11.9. The highest BCUT2D eigenvalue weighted by Gasteiger charge is 2.41. The summed E-state index contributed by atoms with van der Waals surface area (Å²) in [5.74, 6) is -1.86. The number of hydrogen-bond acceptors (Lipinski definition) is 4. The Hall–Kier alpha value is -1.43. The lowest BCUT2D eigenvalue weighted by Crippen LogP contribution is -2.55. The molecular weight excluding hydrogens is 280 g/mol. The van der Waals surface area contributed by atoms with Crippen LogP contribution in [0.5, 0.6) is 0 Å². The number of halogens is 1. The van der Waals surface area contributed by atoms with E-state index in [1.807, 2.05) is 0 Å². The number of rotatable bonds is 8. The number of unbranched alkanes of at least 4 members (excludes halogenated alkanes) is 1. The molecule has 0 aliphatic heterocycles. The monoisotopic (exact) mass is 298 g/mol. The van der Waals surface area contributed by atoms with E-state index in [2.05, 4.69) is 0 Å². The number of carbonyl (C=O) groups is 2. The van der Waals surface area contributed by atoms with Gasteiger partial charge >= 0.3 is 5.97 Å². The third-order valence-corrected chi connectivity index (χ3v) is 3.58. The van der Waals surface area contributed by atoms with Crippen LogP contribution >= 0.6 is 11.6 Å². The van der Waals surface area contributed by atoms with E-state index in [1.54, 1.807) is 24.3 Å². The highest BCUT2D eigenvalue weighted by Crippen LogP contribution is 2.20. The van der Waals surface area contributed by atoms with Crippen LogP contribution in [0.2, 0.25) is 5.02 Å². The fraction of sp³-hybridized carbons (Fsp3) is 0.429. The van der Waals surface area contributed by atoms with Gasteiger partial charge in [-0.15, -0.1) is 0 Å². The van der Waals surface area contributed by atoms with Crippen molar-refractivity contribution in [2.24, 2.45) is 11.5 Å². The van der Waals surface area contributed by atoms with Crippen LogP contribution in [-0.4, -0.2) is 28.9 Å². The van der Waals surface area contributed by atoms with Gasteiger partial charge in [0.05, 0.1) is 0 Å². The van der Waals surface area contributed by atoms with Gasteiger partial charge in [-0.3, -0.25) is 4.79 Å². The summed E-state index contributed by atoms with van der Waals surface area (Å²) in [7, 11) is 0. The van der Waals surface area contributed by atoms with Crippen molar-refractivity contribution in [2.45, 2.75) is 31.2 Å². The molecule has 1 aromatic rings. The lowest BCUT2D eigenvalue weighted by Gasteiger charge is -2.23. The van der Waals surface area contributed by atoms with Gasteiger partial charge in [-0.25, -0.2) is 4.79 Å². The molecule has 1 atom stereocenters. The van der Waals surface area contributed by atoms with Crippen molar-refractivity contribution < 1.29 is 14.7 Å². The van der Waals surface area contributed by atoms with E-state index < -0.39 is 17.3 Å². The molecule has 0 aliphatic carbocycles. The quantitative estimate of drug-likeness (QED) is 0.496. The lowest BCUT2D eigenvalue weighted by molar-refractivity contribution is -0.148. The van der Waals surface area contributed by atoms with Crippen molar-refractivity contribution in [3.05, 3.63) is 34.9 Å². The van der Waals surface area contributed by atoms with E-state index in [0.29, 0.717) is 30.0 Å². The fourth-order valence-electron chi connectivity index (χ4n) is 1.89. The summed E-state index contributed by atoms with van der Waals surface area (Å²) >= 11 is 5.97. The average Bonchev–Trinajstić information content (AvgIpc) is 2.41. The summed E-state index contributed by atoms with van der Waals surface area (Å²) in [6, 6.07) is 6.81. The molecule has 0 spiro atoms. The van der Waals surface area contributed by atoms with Crippen molar-refractivity contribution in [1.29, 1.82) is 0 Å². The van der Waals surface area contributed by atoms with Gasteiger partial charge in [0.15, 0.2) is 11.3 Å². The fourth-order valence-corrected chi connectivity index (χ4v) is 2.09. The molecule has 0 radical (unpaired) electrons. The number of nitrogens with two attached hydrogens (primary N) is 2. The molecular formula is C14H19ClN2O3. The maximum absolute atomic E-state index is 12.2. The molecule has 0 heterocycles. The second-order valence-corrected chi connectivity index (χ2v) is 5.12. The van der Waals surface area contributed by atoms with Crippen LogP contribution in [0, 0.1) is 0 Å². The Kier molecular flexibility index (Phi) is 6.13. The highest BCUT2D eigenvalue weighted by atomic mass is 35.5. The second kappa shape index (κ2) is 7.38. The third kappa shape index (κ3) is 4.03. The van der Waals surface area contributed by atoms with E-state index in [4.69, 9.17) is 23.1 Å². The molecule has 1 rings (SSSR count). The molecule has 5 nitrogen and oxygen atoms in total. The number of carbonyl (C=O) groups excluding carboxylic acids is 1. The van der Waals surface area contributed by atoms with Gasteiger partial charge in [-0.2, -0.15) is 0 Å². The summed E-state index contributed by atoms with van der Waals surface area (Å²) < 4.78 is 0. The lowest BCUT2D eigenvalue weighted by atomic mass is 9.86. The van der Waals surface area contributed by atoms with Gasteiger partial charge in [0.2, 0.25) is 0 Å². The number of ketones is 1. The minimum absolute atomic E-state index is 0.0722. The van der Waals surface area contributed by atoms with E-state index >= 15 is 0 Å². The summed E-state index contributed by atoms with van der Waals surface area (Å²) in [6.45, 7) is 0.439. The molecule has 0 saturated heterocycles. The number of carboxylic acid groups (broad SMARTS) is 1. The van der Waals surface area contributed by atoms with Gasteiger partial charge in [-0.05, 0) is 37.4 Å².